The summed E-state index contributed by atoms with van der Waals surface area (Å²) in [5.41, 5.74) is 1.00. The zero-order chi connectivity index (χ0) is 11.5. The number of aromatic nitrogens is 1. The van der Waals surface area contributed by atoms with E-state index in [9.17, 15) is 9.59 Å². The molecule has 1 fully saturated rings. The predicted octanol–water partition coefficient (Wildman–Crippen LogP) is 2.18. The van der Waals surface area contributed by atoms with E-state index in [2.05, 4.69) is 9.72 Å². The number of hydrogen-bond donors (Lipinski definition) is 0. The molecular weight excluding hydrogens is 226 g/mol. The van der Waals surface area contributed by atoms with Crippen molar-refractivity contribution < 1.29 is 14.3 Å². The van der Waals surface area contributed by atoms with Gasteiger partial charge in [-0.2, -0.15) is 0 Å². The van der Waals surface area contributed by atoms with Gasteiger partial charge in [-0.15, -0.1) is 11.3 Å². The van der Waals surface area contributed by atoms with E-state index in [4.69, 9.17) is 0 Å². The molecule has 0 spiro atoms. The topological polar surface area (TPSA) is 56.3 Å². The van der Waals surface area contributed by atoms with E-state index in [0.29, 0.717) is 12.8 Å². The van der Waals surface area contributed by atoms with Crippen LogP contribution in [0.15, 0.2) is 5.38 Å². The van der Waals surface area contributed by atoms with Crippen molar-refractivity contribution in [3.05, 3.63) is 16.1 Å². The molecule has 0 radical (unpaired) electrons. The van der Waals surface area contributed by atoms with Gasteiger partial charge in [-0.25, -0.2) is 4.98 Å². The van der Waals surface area contributed by atoms with Crippen molar-refractivity contribution in [2.45, 2.75) is 38.5 Å². The van der Waals surface area contributed by atoms with Gasteiger partial charge < -0.3 is 4.74 Å². The lowest BCUT2D eigenvalue weighted by Crippen LogP contribution is -2.17. The fourth-order valence-electron chi connectivity index (χ4n) is 1.82. The molecule has 0 aromatic carbocycles. The van der Waals surface area contributed by atoms with E-state index in [1.807, 2.05) is 12.3 Å². The van der Waals surface area contributed by atoms with E-state index >= 15 is 0 Å². The summed E-state index contributed by atoms with van der Waals surface area (Å²) in [6.45, 7) is 1.95. The molecule has 0 unspecified atom stereocenters. The molecule has 2 rings (SSSR count). The lowest BCUT2D eigenvalue weighted by atomic mass is 9.94. The van der Waals surface area contributed by atoms with Gasteiger partial charge in [0.2, 0.25) is 0 Å². The first kappa shape index (κ1) is 11.3. The van der Waals surface area contributed by atoms with E-state index in [0.717, 1.165) is 23.5 Å². The molecule has 0 atom stereocenters. The summed E-state index contributed by atoms with van der Waals surface area (Å²) in [5.74, 6) is -0.620. The second-order valence-electron chi connectivity index (χ2n) is 3.91. The number of cyclic esters (lactones) is 2. The van der Waals surface area contributed by atoms with E-state index < -0.39 is 11.9 Å². The Balaban J connectivity index is 2.09. The molecule has 16 heavy (non-hydrogen) atoms. The van der Waals surface area contributed by atoms with Gasteiger partial charge in [0.15, 0.2) is 0 Å². The molecule has 0 saturated carbocycles. The molecule has 2 heterocycles. The van der Waals surface area contributed by atoms with Gasteiger partial charge >= 0.3 is 11.9 Å². The van der Waals surface area contributed by atoms with Crippen molar-refractivity contribution in [1.82, 2.24) is 4.98 Å². The lowest BCUT2D eigenvalue weighted by Gasteiger charge is -2.16. The van der Waals surface area contributed by atoms with Gasteiger partial charge in [0.1, 0.15) is 0 Å². The zero-order valence-corrected chi connectivity index (χ0v) is 9.88. The molecular formula is C11H13NO3S. The van der Waals surface area contributed by atoms with Crippen LogP contribution in [0.2, 0.25) is 0 Å². The van der Waals surface area contributed by atoms with Crippen LogP contribution in [0.25, 0.3) is 0 Å². The zero-order valence-electron chi connectivity index (χ0n) is 9.06. The average molecular weight is 239 g/mol. The van der Waals surface area contributed by atoms with E-state index in [-0.39, 0.29) is 5.92 Å². The van der Waals surface area contributed by atoms with Crippen molar-refractivity contribution in [3.8, 4) is 0 Å². The van der Waals surface area contributed by atoms with Crippen LogP contribution in [0.3, 0.4) is 0 Å². The molecule has 1 aromatic rings. The number of esters is 2. The minimum Gasteiger partial charge on any atom is -0.393 e. The standard InChI is InChI=1S/C11H13NO3S/c1-7-12-9(6-16-7)8-2-4-10(13)15-11(14)5-3-8/h6,8H,2-5H2,1H3. The maximum absolute atomic E-state index is 11.2. The van der Waals surface area contributed by atoms with E-state index in [1.54, 1.807) is 11.3 Å². The number of carbonyl (C=O) groups is 2. The third-order valence-electron chi connectivity index (χ3n) is 2.68. The normalized spacial score (nSPS) is 19.1. The number of rotatable bonds is 1. The molecule has 0 bridgehead atoms. The molecule has 4 nitrogen and oxygen atoms in total. The fraction of sp³-hybridized carbons (Fsp3) is 0.545. The smallest absolute Gasteiger partial charge is 0.313 e. The molecule has 1 aliphatic rings. The SMILES string of the molecule is Cc1nc(C2CCC(=O)OC(=O)CC2)cs1. The van der Waals surface area contributed by atoms with Crippen molar-refractivity contribution in [1.29, 1.82) is 0 Å². The molecule has 1 aromatic heterocycles. The van der Waals surface area contributed by atoms with Crippen LogP contribution in [0, 0.1) is 6.92 Å². The molecule has 0 amide bonds. The van der Waals surface area contributed by atoms with Gasteiger partial charge in [0.25, 0.3) is 0 Å². The van der Waals surface area contributed by atoms with Crippen LogP contribution < -0.4 is 0 Å². The average Bonchev–Trinajstić information content (AvgIpc) is 2.62. The highest BCUT2D eigenvalue weighted by molar-refractivity contribution is 7.09. The van der Waals surface area contributed by atoms with Gasteiger partial charge in [-0.05, 0) is 19.8 Å². The number of nitrogens with zero attached hydrogens (tertiary/aromatic N) is 1. The number of hydrogen-bond acceptors (Lipinski definition) is 5. The maximum atomic E-state index is 11.2. The predicted molar refractivity (Wildman–Crippen MR) is 59.2 cm³/mol. The first-order valence-electron chi connectivity index (χ1n) is 5.30. The first-order chi connectivity index (χ1) is 7.65. The number of carbonyl (C=O) groups excluding carboxylic acids is 2. The minimum absolute atomic E-state index is 0.210. The molecule has 1 saturated heterocycles. The Bertz CT molecular complexity index is 395. The molecule has 0 aliphatic carbocycles. The Hall–Kier alpha value is -1.23. The highest BCUT2D eigenvalue weighted by Gasteiger charge is 2.22. The summed E-state index contributed by atoms with van der Waals surface area (Å²) in [7, 11) is 0. The van der Waals surface area contributed by atoms with Crippen molar-refractivity contribution in [3.63, 3.8) is 0 Å². The maximum Gasteiger partial charge on any atom is 0.313 e. The van der Waals surface area contributed by atoms with Crippen LogP contribution in [-0.4, -0.2) is 16.9 Å². The Morgan fingerprint density at radius 1 is 1.31 bits per heavy atom. The molecule has 1 aliphatic heterocycles. The Morgan fingerprint density at radius 2 is 1.94 bits per heavy atom. The van der Waals surface area contributed by atoms with Crippen LogP contribution >= 0.6 is 11.3 Å². The Kier molecular flexibility index (Phi) is 3.33. The van der Waals surface area contributed by atoms with Gasteiger partial charge in [-0.3, -0.25) is 9.59 Å². The largest absolute Gasteiger partial charge is 0.393 e. The summed E-state index contributed by atoms with van der Waals surface area (Å²) in [4.78, 5) is 26.7. The summed E-state index contributed by atoms with van der Waals surface area (Å²) < 4.78 is 4.58. The second kappa shape index (κ2) is 4.74. The van der Waals surface area contributed by atoms with E-state index in [1.165, 1.54) is 0 Å². The van der Waals surface area contributed by atoms with Gasteiger partial charge in [0.05, 0.1) is 10.7 Å². The van der Waals surface area contributed by atoms with Crippen molar-refractivity contribution >= 4 is 23.3 Å². The summed E-state index contributed by atoms with van der Waals surface area (Å²) >= 11 is 1.60. The number of aryl methyl sites for hydroxylation is 1. The van der Waals surface area contributed by atoms with Crippen molar-refractivity contribution in [2.24, 2.45) is 0 Å². The van der Waals surface area contributed by atoms with Crippen LogP contribution in [0.4, 0.5) is 0 Å². The monoisotopic (exact) mass is 239 g/mol. The summed E-state index contributed by atoms with van der Waals surface area (Å²) in [6, 6.07) is 0. The van der Waals surface area contributed by atoms with Gasteiger partial charge in [0, 0.05) is 24.1 Å². The highest BCUT2D eigenvalue weighted by Crippen LogP contribution is 2.29. The first-order valence-corrected chi connectivity index (χ1v) is 6.18. The molecule has 86 valence electrons. The molecule has 5 heteroatoms. The van der Waals surface area contributed by atoms with Crippen LogP contribution in [0.5, 0.6) is 0 Å². The van der Waals surface area contributed by atoms with Crippen LogP contribution in [-0.2, 0) is 14.3 Å². The summed E-state index contributed by atoms with van der Waals surface area (Å²) in [6.07, 6.45) is 2.03. The minimum atomic E-state index is -0.415. The quantitative estimate of drug-likeness (QED) is 0.556. The Labute approximate surface area is 97.6 Å². The number of ether oxygens (including phenoxy) is 1. The van der Waals surface area contributed by atoms with Gasteiger partial charge in [-0.1, -0.05) is 0 Å². The second-order valence-corrected chi connectivity index (χ2v) is 4.97. The third kappa shape index (κ3) is 2.66. The van der Waals surface area contributed by atoms with Crippen molar-refractivity contribution in [2.75, 3.05) is 0 Å². The summed E-state index contributed by atoms with van der Waals surface area (Å²) in [5, 5.41) is 3.03. The molecule has 0 N–H and O–H groups in total. The third-order valence-corrected chi connectivity index (χ3v) is 3.47. The fourth-order valence-corrected chi connectivity index (χ4v) is 2.52. The number of thiazole rings is 1. The Morgan fingerprint density at radius 3 is 2.44 bits per heavy atom. The lowest BCUT2D eigenvalue weighted by molar-refractivity contribution is -0.160. The van der Waals surface area contributed by atoms with Crippen LogP contribution in [0.1, 0.15) is 42.3 Å². The highest BCUT2D eigenvalue weighted by atomic mass is 32.1.